The standard InChI is InChI=1S/C62H45BN2O3S/c1-36-28-43(56-34-41-16-8-11-23-53(41)68-56)29-37(2)60(36)65-49-20-13-19-48-59(49)63(58-46-35-44(62(3,4)5)25-27-57(46)69-61(58)65)47-26-24-42(55-33-40-15-7-10-22-52(40)67-55)31-50(47)64(48)45-18-12-17-38(30-45)54-32-39-14-6-9-21-51(39)66-54/h6-35H,1-5H3. The van der Waals surface area contributed by atoms with E-state index in [4.69, 9.17) is 13.3 Å². The minimum Gasteiger partial charge on any atom is -0.456 e. The summed E-state index contributed by atoms with van der Waals surface area (Å²) < 4.78 is 20.8. The Hall–Kier alpha value is -8.00. The Balaban J connectivity index is 1.03. The summed E-state index contributed by atoms with van der Waals surface area (Å²) in [5, 5.41) is 5.83. The molecule has 0 spiro atoms. The van der Waals surface area contributed by atoms with Gasteiger partial charge in [-0.15, -0.1) is 11.3 Å². The second-order valence-electron chi connectivity index (χ2n) is 19.8. The Morgan fingerprint density at radius 2 is 1.03 bits per heavy atom. The van der Waals surface area contributed by atoms with Crippen molar-refractivity contribution in [1.82, 2.24) is 0 Å². The number of nitrogens with zero attached hydrogens (tertiary/aromatic N) is 2. The van der Waals surface area contributed by atoms with Gasteiger partial charge >= 0.3 is 0 Å². The Kier molecular flexibility index (Phi) is 8.57. The number of fused-ring (bicyclic) bond motifs is 9. The number of rotatable bonds is 5. The largest absolute Gasteiger partial charge is 0.456 e. The van der Waals surface area contributed by atoms with Gasteiger partial charge in [-0.2, -0.15) is 0 Å². The highest BCUT2D eigenvalue weighted by Gasteiger charge is 2.46. The van der Waals surface area contributed by atoms with Gasteiger partial charge in [0.05, 0.1) is 10.7 Å². The molecule has 6 heterocycles. The minimum atomic E-state index is -0.0589. The van der Waals surface area contributed by atoms with Crippen LogP contribution >= 0.6 is 11.3 Å². The number of benzene rings is 8. The average Bonchev–Trinajstić information content (AvgIpc) is 4.18. The van der Waals surface area contributed by atoms with Gasteiger partial charge in [-0.1, -0.05) is 118 Å². The van der Waals surface area contributed by atoms with Gasteiger partial charge in [0.2, 0.25) is 0 Å². The van der Waals surface area contributed by atoms with E-state index in [1.165, 1.54) is 59.5 Å². The minimum absolute atomic E-state index is 0.0340. The Bertz CT molecular complexity index is 3960. The molecule has 0 radical (unpaired) electrons. The summed E-state index contributed by atoms with van der Waals surface area (Å²) >= 11 is 1.90. The van der Waals surface area contributed by atoms with Crippen LogP contribution in [-0.2, 0) is 5.41 Å². The van der Waals surface area contributed by atoms with E-state index in [0.29, 0.717) is 0 Å². The lowest BCUT2D eigenvalue weighted by Crippen LogP contribution is -2.61. The Morgan fingerprint density at radius 1 is 0.464 bits per heavy atom. The highest BCUT2D eigenvalue weighted by molar-refractivity contribution is 7.26. The van der Waals surface area contributed by atoms with Crippen LogP contribution in [0.25, 0.3) is 77.0 Å². The molecule has 0 atom stereocenters. The molecule has 0 fully saturated rings. The van der Waals surface area contributed by atoms with Gasteiger partial charge in [-0.25, -0.2) is 0 Å². The zero-order valence-electron chi connectivity index (χ0n) is 38.9. The molecule has 2 aliphatic heterocycles. The van der Waals surface area contributed by atoms with Crippen molar-refractivity contribution >= 4 is 111 Å². The van der Waals surface area contributed by atoms with Crippen LogP contribution < -0.4 is 26.2 Å². The molecule has 12 aromatic rings. The number of aryl methyl sites for hydroxylation is 2. The van der Waals surface area contributed by atoms with Crippen molar-refractivity contribution in [2.45, 2.75) is 40.0 Å². The maximum absolute atomic E-state index is 6.59. The van der Waals surface area contributed by atoms with E-state index in [0.717, 1.165) is 83.9 Å². The predicted octanol–water partition coefficient (Wildman–Crippen LogP) is 16.1. The summed E-state index contributed by atoms with van der Waals surface area (Å²) in [5.74, 6) is 2.56. The van der Waals surface area contributed by atoms with Gasteiger partial charge in [0, 0.05) is 60.3 Å². The quantitative estimate of drug-likeness (QED) is 0.161. The van der Waals surface area contributed by atoms with Crippen molar-refractivity contribution in [2.75, 3.05) is 9.80 Å². The lowest BCUT2D eigenvalue weighted by Gasteiger charge is -2.43. The summed E-state index contributed by atoms with van der Waals surface area (Å²) in [6, 6.07) is 65.7. The zero-order chi connectivity index (χ0) is 46.3. The van der Waals surface area contributed by atoms with Gasteiger partial charge in [-0.05, 0) is 143 Å². The topological polar surface area (TPSA) is 45.9 Å². The molecular weight excluding hydrogens is 864 g/mol. The van der Waals surface area contributed by atoms with E-state index < -0.39 is 0 Å². The van der Waals surface area contributed by atoms with Gasteiger partial charge in [0.15, 0.2) is 0 Å². The van der Waals surface area contributed by atoms with Crippen molar-refractivity contribution in [3.8, 4) is 34.0 Å². The van der Waals surface area contributed by atoms with E-state index in [1.54, 1.807) is 0 Å². The van der Waals surface area contributed by atoms with Gasteiger partial charge in [0.1, 0.15) is 34.0 Å². The van der Waals surface area contributed by atoms with Crippen molar-refractivity contribution < 1.29 is 13.3 Å². The van der Waals surface area contributed by atoms with E-state index in [2.05, 4.69) is 190 Å². The first-order valence-corrected chi connectivity index (χ1v) is 24.6. The monoisotopic (exact) mass is 908 g/mol. The summed E-state index contributed by atoms with van der Waals surface area (Å²) in [5.41, 5.74) is 19.0. The normalized spacial score (nSPS) is 13.2. The number of thiophene rings is 1. The fourth-order valence-electron chi connectivity index (χ4n) is 11.2. The van der Waals surface area contributed by atoms with Crippen molar-refractivity contribution in [3.05, 3.63) is 199 Å². The first-order valence-electron chi connectivity index (χ1n) is 23.8. The molecule has 0 N–H and O–H groups in total. The lowest BCUT2D eigenvalue weighted by atomic mass is 9.33. The third-order valence-corrected chi connectivity index (χ3v) is 15.6. The lowest BCUT2D eigenvalue weighted by molar-refractivity contribution is 0.591. The molecular formula is C62H45BN2O3S. The van der Waals surface area contributed by atoms with Crippen LogP contribution in [0.1, 0.15) is 37.5 Å². The first kappa shape index (κ1) is 40.1. The third-order valence-electron chi connectivity index (χ3n) is 14.4. The molecule has 14 rings (SSSR count). The fourth-order valence-corrected chi connectivity index (χ4v) is 12.4. The van der Waals surface area contributed by atoms with E-state index in [9.17, 15) is 0 Å². The summed E-state index contributed by atoms with van der Waals surface area (Å²) in [4.78, 5) is 5.06. The third kappa shape index (κ3) is 6.16. The number of anilines is 6. The molecule has 0 unspecified atom stereocenters. The molecule has 7 heteroatoms. The predicted molar refractivity (Wildman–Crippen MR) is 290 cm³/mol. The summed E-state index contributed by atoms with van der Waals surface area (Å²) in [6.07, 6.45) is 0. The van der Waals surface area contributed by atoms with Crippen molar-refractivity contribution in [1.29, 1.82) is 0 Å². The van der Waals surface area contributed by atoms with Crippen LogP contribution in [0.4, 0.5) is 33.4 Å². The van der Waals surface area contributed by atoms with E-state index >= 15 is 0 Å². The van der Waals surface area contributed by atoms with Crippen LogP contribution in [0, 0.1) is 13.8 Å². The molecule has 69 heavy (non-hydrogen) atoms. The van der Waals surface area contributed by atoms with Gasteiger partial charge in [-0.3, -0.25) is 0 Å². The Morgan fingerprint density at radius 3 is 1.64 bits per heavy atom. The molecule has 8 aromatic carbocycles. The summed E-state index contributed by atoms with van der Waals surface area (Å²) in [7, 11) is 0. The van der Waals surface area contributed by atoms with Gasteiger partial charge < -0.3 is 23.1 Å². The smallest absolute Gasteiger partial charge is 0.254 e. The molecule has 2 aliphatic rings. The van der Waals surface area contributed by atoms with E-state index in [-0.39, 0.29) is 12.1 Å². The van der Waals surface area contributed by atoms with Crippen LogP contribution in [0.15, 0.2) is 195 Å². The van der Waals surface area contributed by atoms with Crippen LogP contribution in [0.3, 0.4) is 0 Å². The molecule has 0 bridgehead atoms. The maximum Gasteiger partial charge on any atom is 0.254 e. The van der Waals surface area contributed by atoms with Crippen molar-refractivity contribution in [2.24, 2.45) is 0 Å². The maximum atomic E-state index is 6.59. The molecule has 0 amide bonds. The number of hydrogen-bond donors (Lipinski definition) is 0. The molecule has 0 saturated heterocycles. The summed E-state index contributed by atoms with van der Waals surface area (Å²) in [6.45, 7) is 11.4. The fraction of sp³-hybridized carbons (Fsp3) is 0.0968. The number of hydrogen-bond acceptors (Lipinski definition) is 6. The second kappa shape index (κ2) is 14.8. The van der Waals surface area contributed by atoms with Crippen molar-refractivity contribution in [3.63, 3.8) is 0 Å². The van der Waals surface area contributed by atoms with Crippen LogP contribution in [-0.4, -0.2) is 6.71 Å². The molecule has 0 saturated carbocycles. The zero-order valence-corrected chi connectivity index (χ0v) is 39.7. The number of furan rings is 3. The molecule has 5 nitrogen and oxygen atoms in total. The highest BCUT2D eigenvalue weighted by atomic mass is 32.1. The average molecular weight is 909 g/mol. The van der Waals surface area contributed by atoms with Crippen LogP contribution in [0.2, 0.25) is 0 Å². The second-order valence-corrected chi connectivity index (χ2v) is 20.9. The SMILES string of the molecule is Cc1cc(-c2cc3ccccc3o2)cc(C)c1N1c2cccc3c2B(c2ccc(-c4cc5ccccc5o4)cc2N3c2cccc(-c3cc4ccccc4o3)c2)c2c1sc1ccc(C(C)(C)C)cc21. The first-order chi connectivity index (χ1) is 33.6. The van der Waals surface area contributed by atoms with Crippen LogP contribution in [0.5, 0.6) is 0 Å². The molecule has 0 aliphatic carbocycles. The number of para-hydroxylation sites is 3. The molecule has 330 valence electrons. The van der Waals surface area contributed by atoms with E-state index in [1.807, 2.05) is 47.7 Å². The highest BCUT2D eigenvalue weighted by Crippen LogP contribution is 2.51. The van der Waals surface area contributed by atoms with Gasteiger partial charge in [0.25, 0.3) is 6.71 Å². The molecule has 4 aromatic heterocycles. The Labute approximate surface area is 404 Å².